The van der Waals surface area contributed by atoms with Crippen LogP contribution in [0.5, 0.6) is 0 Å². The van der Waals surface area contributed by atoms with Crippen LogP contribution in [0.2, 0.25) is 0 Å². The average Bonchev–Trinajstić information content (AvgIpc) is 3.12. The molecule has 23 heavy (non-hydrogen) atoms. The molecule has 0 saturated carbocycles. The number of hydrogen-bond acceptors (Lipinski definition) is 4. The molecule has 2 rings (SSSR count). The summed E-state index contributed by atoms with van der Waals surface area (Å²) in [4.78, 5) is 47.6. The largest absolute Gasteiger partial charge is 0.481 e. The Hall–Kier alpha value is -1.92. The topological polar surface area (TPSA) is 95.0 Å². The Bertz CT molecular complexity index is 425. The third kappa shape index (κ3) is 6.00. The summed E-state index contributed by atoms with van der Waals surface area (Å²) in [6, 6.07) is 0. The van der Waals surface area contributed by atoms with Gasteiger partial charge in [-0.05, 0) is 0 Å². The van der Waals surface area contributed by atoms with Crippen molar-refractivity contribution in [3.8, 4) is 0 Å². The van der Waals surface area contributed by atoms with E-state index >= 15 is 0 Å². The number of carbonyl (C=O) groups is 4. The molecular weight excluding hydrogens is 300 g/mol. The molecule has 2 fully saturated rings. The fourth-order valence-corrected chi connectivity index (χ4v) is 2.51. The van der Waals surface area contributed by atoms with Gasteiger partial charge in [0.1, 0.15) is 6.29 Å². The van der Waals surface area contributed by atoms with Crippen LogP contribution in [-0.2, 0) is 19.2 Å². The van der Waals surface area contributed by atoms with Crippen LogP contribution >= 0.6 is 0 Å². The molecule has 132 valence electrons. The van der Waals surface area contributed by atoms with E-state index in [0.717, 1.165) is 6.29 Å². The lowest BCUT2D eigenvalue weighted by molar-refractivity contribution is -0.141. The van der Waals surface area contributed by atoms with Crippen molar-refractivity contribution < 1.29 is 24.3 Å². The minimum atomic E-state index is -0.964. The lowest BCUT2D eigenvalue weighted by Crippen LogP contribution is -2.37. The molecule has 0 aromatic heterocycles. The van der Waals surface area contributed by atoms with Crippen molar-refractivity contribution >= 4 is 24.1 Å². The quantitative estimate of drug-likeness (QED) is 0.760. The highest BCUT2D eigenvalue weighted by Crippen LogP contribution is 2.19. The molecule has 0 aromatic carbocycles. The van der Waals surface area contributed by atoms with Gasteiger partial charge in [-0.1, -0.05) is 27.7 Å². The molecule has 7 heteroatoms. The van der Waals surface area contributed by atoms with Gasteiger partial charge in [-0.3, -0.25) is 14.4 Å². The predicted molar refractivity (Wildman–Crippen MR) is 85.8 cm³/mol. The summed E-state index contributed by atoms with van der Waals surface area (Å²) in [6.07, 6.45) is 1.04. The highest BCUT2D eigenvalue weighted by Gasteiger charge is 2.35. The van der Waals surface area contributed by atoms with Crippen LogP contribution in [0.15, 0.2) is 0 Å². The number of hydrogen-bond donors (Lipinski definition) is 1. The molecule has 2 atom stereocenters. The summed E-state index contributed by atoms with van der Waals surface area (Å²) >= 11 is 0. The SMILES string of the molecule is CC.CC.O=CC1CC(=O)N(CCN2CC(C(=O)O)CC2=O)C1. The van der Waals surface area contributed by atoms with Crippen molar-refractivity contribution in [2.45, 2.75) is 40.5 Å². The summed E-state index contributed by atoms with van der Waals surface area (Å²) in [5, 5.41) is 8.85. The van der Waals surface area contributed by atoms with Gasteiger partial charge in [0.15, 0.2) is 0 Å². The first-order valence-corrected chi connectivity index (χ1v) is 8.25. The van der Waals surface area contributed by atoms with Gasteiger partial charge < -0.3 is 19.7 Å². The van der Waals surface area contributed by atoms with Crippen LogP contribution in [0.4, 0.5) is 0 Å². The number of likely N-dealkylation sites (tertiary alicyclic amines) is 2. The minimum Gasteiger partial charge on any atom is -0.481 e. The van der Waals surface area contributed by atoms with Crippen LogP contribution in [0.3, 0.4) is 0 Å². The third-order valence-corrected chi connectivity index (χ3v) is 3.64. The van der Waals surface area contributed by atoms with Crippen molar-refractivity contribution in [3.05, 3.63) is 0 Å². The molecule has 2 heterocycles. The molecule has 1 N–H and O–H groups in total. The van der Waals surface area contributed by atoms with Crippen molar-refractivity contribution in [3.63, 3.8) is 0 Å². The summed E-state index contributed by atoms with van der Waals surface area (Å²) in [6.45, 7) is 9.29. The third-order valence-electron chi connectivity index (χ3n) is 3.64. The zero-order chi connectivity index (χ0) is 18.0. The number of rotatable bonds is 5. The molecule has 0 radical (unpaired) electrons. The van der Waals surface area contributed by atoms with Gasteiger partial charge in [-0.25, -0.2) is 0 Å². The standard InChI is InChI=1S/C12H16N2O5.2C2H6/c15-7-8-3-10(16)13(5-8)1-2-14-6-9(12(18)19)4-11(14)17;2*1-2/h7-9H,1-6H2,(H,18,19);2*1-2H3. The van der Waals surface area contributed by atoms with E-state index in [0.29, 0.717) is 19.6 Å². The smallest absolute Gasteiger partial charge is 0.308 e. The average molecular weight is 328 g/mol. The summed E-state index contributed by atoms with van der Waals surface area (Å²) in [7, 11) is 0. The number of carboxylic acid groups (broad SMARTS) is 1. The maximum absolute atomic E-state index is 11.6. The van der Waals surface area contributed by atoms with E-state index in [-0.39, 0.29) is 37.1 Å². The number of aldehydes is 1. The van der Waals surface area contributed by atoms with E-state index in [2.05, 4.69) is 0 Å². The Kier molecular flexibility index (Phi) is 9.85. The first-order chi connectivity index (χ1) is 11.0. The Morgan fingerprint density at radius 3 is 1.91 bits per heavy atom. The Balaban J connectivity index is 0.00000112. The summed E-state index contributed by atoms with van der Waals surface area (Å²) < 4.78 is 0. The van der Waals surface area contributed by atoms with Crippen molar-refractivity contribution in [1.29, 1.82) is 0 Å². The lowest BCUT2D eigenvalue weighted by Gasteiger charge is -2.21. The van der Waals surface area contributed by atoms with E-state index in [4.69, 9.17) is 5.11 Å². The van der Waals surface area contributed by atoms with E-state index in [9.17, 15) is 19.2 Å². The molecular formula is C16H28N2O5. The van der Waals surface area contributed by atoms with Crippen molar-refractivity contribution in [1.82, 2.24) is 9.80 Å². The maximum atomic E-state index is 11.6. The molecule has 2 aliphatic rings. The molecule has 2 amide bonds. The molecule has 0 spiro atoms. The van der Waals surface area contributed by atoms with Crippen molar-refractivity contribution in [2.24, 2.45) is 11.8 Å². The number of carbonyl (C=O) groups excluding carboxylic acids is 3. The second kappa shape index (κ2) is 10.7. The van der Waals surface area contributed by atoms with Gasteiger partial charge in [0.2, 0.25) is 11.8 Å². The van der Waals surface area contributed by atoms with Gasteiger partial charge in [0.05, 0.1) is 5.92 Å². The van der Waals surface area contributed by atoms with Gasteiger partial charge in [-0.2, -0.15) is 0 Å². The molecule has 0 aromatic rings. The predicted octanol–water partition coefficient (Wildman–Crippen LogP) is 1.02. The minimum absolute atomic E-state index is 0.0280. The monoisotopic (exact) mass is 328 g/mol. The highest BCUT2D eigenvalue weighted by atomic mass is 16.4. The Morgan fingerprint density at radius 2 is 1.52 bits per heavy atom. The fraction of sp³-hybridized carbons (Fsp3) is 0.750. The maximum Gasteiger partial charge on any atom is 0.308 e. The van der Waals surface area contributed by atoms with Crippen molar-refractivity contribution in [2.75, 3.05) is 26.2 Å². The number of nitrogens with zero attached hydrogens (tertiary/aromatic N) is 2. The molecule has 2 aliphatic heterocycles. The molecule has 0 aliphatic carbocycles. The molecule has 2 unspecified atom stereocenters. The second-order valence-electron chi connectivity index (χ2n) is 5.02. The van der Waals surface area contributed by atoms with Crippen LogP contribution < -0.4 is 0 Å². The van der Waals surface area contributed by atoms with Crippen LogP contribution in [0.1, 0.15) is 40.5 Å². The van der Waals surface area contributed by atoms with Gasteiger partial charge in [0.25, 0.3) is 0 Å². The number of amides is 2. The van der Waals surface area contributed by atoms with E-state index in [1.807, 2.05) is 27.7 Å². The van der Waals surface area contributed by atoms with E-state index in [1.54, 1.807) is 4.90 Å². The normalized spacial score (nSPS) is 23.0. The lowest BCUT2D eigenvalue weighted by atomic mass is 10.1. The first-order valence-electron chi connectivity index (χ1n) is 8.25. The Morgan fingerprint density at radius 1 is 1.04 bits per heavy atom. The van der Waals surface area contributed by atoms with Crippen LogP contribution in [0, 0.1) is 11.8 Å². The van der Waals surface area contributed by atoms with E-state index < -0.39 is 11.9 Å². The van der Waals surface area contributed by atoms with Gasteiger partial charge in [0, 0.05) is 44.9 Å². The summed E-state index contributed by atoms with van der Waals surface area (Å²) in [5.41, 5.74) is 0. The van der Waals surface area contributed by atoms with Gasteiger partial charge in [-0.15, -0.1) is 0 Å². The van der Waals surface area contributed by atoms with Crippen LogP contribution in [0.25, 0.3) is 0 Å². The van der Waals surface area contributed by atoms with E-state index in [1.165, 1.54) is 4.90 Å². The number of carboxylic acids is 1. The zero-order valence-corrected chi connectivity index (χ0v) is 14.4. The number of aliphatic carboxylic acids is 1. The summed E-state index contributed by atoms with van der Waals surface area (Å²) in [5.74, 6) is -2.14. The zero-order valence-electron chi connectivity index (χ0n) is 14.4. The Labute approximate surface area is 137 Å². The highest BCUT2D eigenvalue weighted by molar-refractivity contribution is 5.86. The molecule has 0 bridgehead atoms. The molecule has 7 nitrogen and oxygen atoms in total. The van der Waals surface area contributed by atoms with Gasteiger partial charge >= 0.3 is 5.97 Å². The first kappa shape index (κ1) is 21.1. The second-order valence-corrected chi connectivity index (χ2v) is 5.02. The fourth-order valence-electron chi connectivity index (χ4n) is 2.51. The molecule has 2 saturated heterocycles. The van der Waals surface area contributed by atoms with Crippen LogP contribution in [-0.4, -0.2) is 65.2 Å².